The first-order valence-electron chi connectivity index (χ1n) is 6.39. The van der Waals surface area contributed by atoms with Crippen LogP contribution in [0, 0.1) is 11.3 Å². The third-order valence-corrected chi connectivity index (χ3v) is 3.74. The quantitative estimate of drug-likeness (QED) is 0.735. The second-order valence-corrected chi connectivity index (χ2v) is 5.89. The van der Waals surface area contributed by atoms with E-state index in [4.69, 9.17) is 5.11 Å². The van der Waals surface area contributed by atoms with Crippen molar-refractivity contribution >= 4 is 0 Å². The fourth-order valence-electron chi connectivity index (χ4n) is 2.42. The lowest BCUT2D eigenvalue weighted by atomic mass is 9.84. The number of nitrogens with one attached hydrogen (secondary N) is 1. The summed E-state index contributed by atoms with van der Waals surface area (Å²) in [4.78, 5) is 0. The summed E-state index contributed by atoms with van der Waals surface area (Å²) in [5.74, 6) is 0.823. The van der Waals surface area contributed by atoms with Gasteiger partial charge in [0.15, 0.2) is 0 Å². The summed E-state index contributed by atoms with van der Waals surface area (Å²) in [6.07, 6.45) is 6.37. The molecular weight excluding hydrogens is 186 g/mol. The van der Waals surface area contributed by atoms with Crippen molar-refractivity contribution in [3.63, 3.8) is 0 Å². The minimum absolute atomic E-state index is 0.228. The van der Waals surface area contributed by atoms with Crippen LogP contribution in [0.5, 0.6) is 0 Å². The van der Waals surface area contributed by atoms with Crippen LogP contribution >= 0.6 is 0 Å². The van der Waals surface area contributed by atoms with E-state index < -0.39 is 0 Å². The molecule has 2 nitrogen and oxygen atoms in total. The summed E-state index contributed by atoms with van der Waals surface area (Å²) in [5.41, 5.74) is 0.228. The van der Waals surface area contributed by atoms with Gasteiger partial charge in [-0.05, 0) is 30.6 Å². The van der Waals surface area contributed by atoms with Gasteiger partial charge in [0.1, 0.15) is 0 Å². The maximum atomic E-state index is 8.96. The van der Waals surface area contributed by atoms with E-state index in [0.717, 1.165) is 18.9 Å². The summed E-state index contributed by atoms with van der Waals surface area (Å²) in [5, 5.41) is 12.6. The van der Waals surface area contributed by atoms with E-state index in [9.17, 15) is 0 Å². The molecule has 1 fully saturated rings. The molecule has 0 aromatic rings. The van der Waals surface area contributed by atoms with Gasteiger partial charge in [-0.1, -0.05) is 33.6 Å². The van der Waals surface area contributed by atoms with Gasteiger partial charge in [0, 0.05) is 19.2 Å². The molecule has 2 N–H and O–H groups in total. The topological polar surface area (TPSA) is 32.3 Å². The van der Waals surface area contributed by atoms with Gasteiger partial charge in [-0.25, -0.2) is 0 Å². The molecule has 0 aromatic carbocycles. The minimum atomic E-state index is 0.228. The molecule has 0 radical (unpaired) electrons. The van der Waals surface area contributed by atoms with Crippen LogP contribution in [-0.2, 0) is 0 Å². The van der Waals surface area contributed by atoms with Crippen LogP contribution in [0.2, 0.25) is 0 Å². The van der Waals surface area contributed by atoms with Crippen molar-refractivity contribution in [2.45, 2.75) is 58.9 Å². The van der Waals surface area contributed by atoms with E-state index in [-0.39, 0.29) is 5.41 Å². The van der Waals surface area contributed by atoms with Crippen molar-refractivity contribution in [3.8, 4) is 0 Å². The van der Waals surface area contributed by atoms with Gasteiger partial charge in [-0.15, -0.1) is 0 Å². The molecule has 2 atom stereocenters. The van der Waals surface area contributed by atoms with E-state index in [1.54, 1.807) is 0 Å². The molecule has 0 amide bonds. The molecular formula is C13H27NO. The minimum Gasteiger partial charge on any atom is -0.396 e. The normalized spacial score (nSPS) is 28.0. The van der Waals surface area contributed by atoms with Gasteiger partial charge in [-0.3, -0.25) is 0 Å². The highest BCUT2D eigenvalue weighted by Crippen LogP contribution is 2.25. The maximum absolute atomic E-state index is 8.96. The van der Waals surface area contributed by atoms with Gasteiger partial charge >= 0.3 is 0 Å². The van der Waals surface area contributed by atoms with E-state index in [0.29, 0.717) is 12.6 Å². The average Bonchev–Trinajstić information content (AvgIpc) is 2.16. The molecule has 2 heteroatoms. The number of hydrogen-bond acceptors (Lipinski definition) is 2. The lowest BCUT2D eigenvalue weighted by Gasteiger charge is -2.33. The Morgan fingerprint density at radius 3 is 2.53 bits per heavy atom. The van der Waals surface area contributed by atoms with Crippen molar-refractivity contribution in [1.82, 2.24) is 5.32 Å². The number of aliphatic hydroxyl groups is 1. The van der Waals surface area contributed by atoms with Crippen molar-refractivity contribution in [3.05, 3.63) is 0 Å². The molecule has 0 spiro atoms. The van der Waals surface area contributed by atoms with Gasteiger partial charge in [0.2, 0.25) is 0 Å². The smallest absolute Gasteiger partial charge is 0.0436 e. The summed E-state index contributed by atoms with van der Waals surface area (Å²) in [7, 11) is 0. The average molecular weight is 213 g/mol. The molecule has 15 heavy (non-hydrogen) atoms. The molecule has 1 saturated carbocycles. The van der Waals surface area contributed by atoms with Crippen molar-refractivity contribution < 1.29 is 5.11 Å². The first-order valence-corrected chi connectivity index (χ1v) is 6.39. The van der Waals surface area contributed by atoms with Crippen molar-refractivity contribution in [2.75, 3.05) is 13.2 Å². The zero-order chi connectivity index (χ0) is 11.3. The monoisotopic (exact) mass is 213 g/mol. The third-order valence-electron chi connectivity index (χ3n) is 3.74. The Labute approximate surface area is 94.5 Å². The van der Waals surface area contributed by atoms with Gasteiger partial charge < -0.3 is 10.4 Å². The zero-order valence-corrected chi connectivity index (χ0v) is 10.6. The SMILES string of the molecule is CC1CCCCC1NCC(C)(C)CCO. The Morgan fingerprint density at radius 2 is 1.93 bits per heavy atom. The molecule has 90 valence electrons. The summed E-state index contributed by atoms with van der Waals surface area (Å²) >= 11 is 0. The van der Waals surface area contributed by atoms with Crippen LogP contribution in [-0.4, -0.2) is 24.3 Å². The maximum Gasteiger partial charge on any atom is 0.0436 e. The third kappa shape index (κ3) is 4.52. The first kappa shape index (κ1) is 13.0. The fourth-order valence-corrected chi connectivity index (χ4v) is 2.42. The molecule has 0 saturated heterocycles. The Hall–Kier alpha value is -0.0800. The molecule has 0 heterocycles. The Morgan fingerprint density at radius 1 is 1.27 bits per heavy atom. The van der Waals surface area contributed by atoms with E-state index >= 15 is 0 Å². The summed E-state index contributed by atoms with van der Waals surface area (Å²) < 4.78 is 0. The molecule has 1 aliphatic rings. The number of rotatable bonds is 5. The standard InChI is InChI=1S/C13H27NO/c1-11-6-4-5-7-12(11)14-10-13(2,3)8-9-15/h11-12,14-15H,4-10H2,1-3H3. The molecule has 0 bridgehead atoms. The van der Waals surface area contributed by atoms with Crippen LogP contribution in [0.3, 0.4) is 0 Å². The Bertz CT molecular complexity index is 179. The second kappa shape index (κ2) is 5.86. The zero-order valence-electron chi connectivity index (χ0n) is 10.6. The van der Waals surface area contributed by atoms with E-state index in [1.165, 1.54) is 25.7 Å². The van der Waals surface area contributed by atoms with E-state index in [2.05, 4.69) is 26.1 Å². The van der Waals surface area contributed by atoms with Crippen LogP contribution in [0.15, 0.2) is 0 Å². The van der Waals surface area contributed by atoms with Gasteiger partial charge in [0.25, 0.3) is 0 Å². The predicted molar refractivity (Wildman–Crippen MR) is 64.9 cm³/mol. The lowest BCUT2D eigenvalue weighted by molar-refractivity contribution is 0.187. The van der Waals surface area contributed by atoms with E-state index in [1.807, 2.05) is 0 Å². The number of hydrogen-bond donors (Lipinski definition) is 2. The predicted octanol–water partition coefficient (Wildman–Crippen LogP) is 2.56. The summed E-state index contributed by atoms with van der Waals surface area (Å²) in [6, 6.07) is 0.705. The molecule has 0 aliphatic heterocycles. The van der Waals surface area contributed by atoms with Crippen LogP contribution < -0.4 is 5.32 Å². The Balaban J connectivity index is 2.28. The number of aliphatic hydroxyl groups excluding tert-OH is 1. The molecule has 1 aliphatic carbocycles. The summed E-state index contributed by atoms with van der Waals surface area (Å²) in [6.45, 7) is 8.14. The largest absolute Gasteiger partial charge is 0.396 e. The van der Waals surface area contributed by atoms with Crippen LogP contribution in [0.25, 0.3) is 0 Å². The highest BCUT2D eigenvalue weighted by atomic mass is 16.3. The fraction of sp³-hybridized carbons (Fsp3) is 1.00. The first-order chi connectivity index (χ1) is 7.05. The van der Waals surface area contributed by atoms with Crippen molar-refractivity contribution in [1.29, 1.82) is 0 Å². The molecule has 0 aromatic heterocycles. The van der Waals surface area contributed by atoms with Crippen molar-refractivity contribution in [2.24, 2.45) is 11.3 Å². The van der Waals surface area contributed by atoms with Crippen LogP contribution in [0.4, 0.5) is 0 Å². The second-order valence-electron chi connectivity index (χ2n) is 5.89. The lowest BCUT2D eigenvalue weighted by Crippen LogP contribution is -2.42. The Kier molecular flexibility index (Phi) is 5.07. The van der Waals surface area contributed by atoms with Gasteiger partial charge in [-0.2, -0.15) is 0 Å². The van der Waals surface area contributed by atoms with Gasteiger partial charge in [0.05, 0.1) is 0 Å². The highest BCUT2D eigenvalue weighted by molar-refractivity contribution is 4.81. The molecule has 2 unspecified atom stereocenters. The van der Waals surface area contributed by atoms with Crippen LogP contribution in [0.1, 0.15) is 52.9 Å². The highest BCUT2D eigenvalue weighted by Gasteiger charge is 2.24. The molecule has 1 rings (SSSR count).